The van der Waals surface area contributed by atoms with Crippen molar-refractivity contribution < 1.29 is 9.47 Å². The summed E-state index contributed by atoms with van der Waals surface area (Å²) in [4.78, 5) is 0. The molecule has 0 aromatic heterocycles. The van der Waals surface area contributed by atoms with Crippen LogP contribution >= 0.6 is 0 Å². The Morgan fingerprint density at radius 3 is 2.61 bits per heavy atom. The van der Waals surface area contributed by atoms with Gasteiger partial charge in [-0.1, -0.05) is 12.1 Å². The molecule has 0 atom stereocenters. The van der Waals surface area contributed by atoms with Gasteiger partial charge in [-0.15, -0.1) is 0 Å². The summed E-state index contributed by atoms with van der Waals surface area (Å²) in [5.41, 5.74) is 7.81. The van der Waals surface area contributed by atoms with E-state index in [1.165, 1.54) is 11.1 Å². The van der Waals surface area contributed by atoms with E-state index in [-0.39, 0.29) is 0 Å². The van der Waals surface area contributed by atoms with E-state index in [9.17, 15) is 0 Å². The van der Waals surface area contributed by atoms with E-state index in [0.29, 0.717) is 13.2 Å². The first-order valence-electron chi connectivity index (χ1n) is 6.72. The molecule has 0 amide bonds. The monoisotopic (exact) mass is 251 g/mol. The number of aryl methyl sites for hydroxylation is 2. The second-order valence-electron chi connectivity index (χ2n) is 4.58. The molecule has 1 aromatic rings. The number of benzene rings is 1. The van der Waals surface area contributed by atoms with Gasteiger partial charge in [0.15, 0.2) is 0 Å². The van der Waals surface area contributed by atoms with E-state index in [1.807, 2.05) is 0 Å². The summed E-state index contributed by atoms with van der Waals surface area (Å²) in [6.07, 6.45) is 3.32. The number of unbranched alkanes of at least 4 members (excludes halogenated alkanes) is 2. The van der Waals surface area contributed by atoms with Crippen LogP contribution in [0.5, 0.6) is 5.75 Å². The third-order valence-corrected chi connectivity index (χ3v) is 2.82. The summed E-state index contributed by atoms with van der Waals surface area (Å²) in [6, 6.07) is 6.24. The van der Waals surface area contributed by atoms with Crippen LogP contribution in [0.2, 0.25) is 0 Å². The van der Waals surface area contributed by atoms with Crippen molar-refractivity contribution in [1.29, 1.82) is 0 Å². The van der Waals surface area contributed by atoms with E-state index < -0.39 is 0 Å². The van der Waals surface area contributed by atoms with Gasteiger partial charge < -0.3 is 15.2 Å². The molecule has 0 saturated carbocycles. The zero-order valence-corrected chi connectivity index (χ0v) is 11.6. The molecule has 18 heavy (non-hydrogen) atoms. The molecular formula is C15H25NO2. The Labute approximate surface area is 110 Å². The fraction of sp³-hybridized carbons (Fsp3) is 0.600. The Balaban J connectivity index is 2.09. The number of hydrogen-bond donors (Lipinski definition) is 1. The van der Waals surface area contributed by atoms with E-state index in [2.05, 4.69) is 32.0 Å². The van der Waals surface area contributed by atoms with E-state index in [4.69, 9.17) is 15.2 Å². The van der Waals surface area contributed by atoms with Gasteiger partial charge in [0, 0.05) is 6.61 Å². The lowest BCUT2D eigenvalue weighted by molar-refractivity contribution is 0.0970. The highest BCUT2D eigenvalue weighted by Gasteiger charge is 1.99. The molecule has 0 bridgehead atoms. The molecule has 0 spiro atoms. The Kier molecular flexibility index (Phi) is 7.46. The second-order valence-corrected chi connectivity index (χ2v) is 4.58. The lowest BCUT2D eigenvalue weighted by Crippen LogP contribution is -2.08. The highest BCUT2D eigenvalue weighted by Crippen LogP contribution is 2.18. The Morgan fingerprint density at radius 2 is 1.83 bits per heavy atom. The van der Waals surface area contributed by atoms with Gasteiger partial charge in [0.05, 0.1) is 6.61 Å². The molecular weight excluding hydrogens is 226 g/mol. The lowest BCUT2D eigenvalue weighted by Gasteiger charge is -2.10. The quantitative estimate of drug-likeness (QED) is 0.686. The predicted molar refractivity (Wildman–Crippen MR) is 75.1 cm³/mol. The minimum Gasteiger partial charge on any atom is -0.491 e. The molecule has 0 aliphatic carbocycles. The first-order chi connectivity index (χ1) is 8.74. The summed E-state index contributed by atoms with van der Waals surface area (Å²) in [5.74, 6) is 0.960. The topological polar surface area (TPSA) is 44.5 Å². The minimum atomic E-state index is 0.612. The van der Waals surface area contributed by atoms with E-state index >= 15 is 0 Å². The van der Waals surface area contributed by atoms with Crippen LogP contribution in [0.25, 0.3) is 0 Å². The third-order valence-electron chi connectivity index (χ3n) is 2.82. The maximum absolute atomic E-state index is 5.70. The molecule has 0 heterocycles. The molecule has 3 nitrogen and oxygen atoms in total. The van der Waals surface area contributed by atoms with E-state index in [1.54, 1.807) is 0 Å². The molecule has 0 saturated heterocycles. The second kappa shape index (κ2) is 8.95. The SMILES string of the molecule is Cc1ccc(C)c(OCCOCCCCCN)c1. The van der Waals surface area contributed by atoms with Gasteiger partial charge in [0.2, 0.25) is 0 Å². The van der Waals surface area contributed by atoms with Crippen molar-refractivity contribution in [2.75, 3.05) is 26.4 Å². The van der Waals surface area contributed by atoms with Gasteiger partial charge in [-0.25, -0.2) is 0 Å². The Bertz CT molecular complexity index is 339. The summed E-state index contributed by atoms with van der Waals surface area (Å²) in [6.45, 7) is 6.96. The maximum Gasteiger partial charge on any atom is 0.122 e. The summed E-state index contributed by atoms with van der Waals surface area (Å²) in [5, 5.41) is 0. The van der Waals surface area contributed by atoms with Crippen LogP contribution in [0.1, 0.15) is 30.4 Å². The molecule has 0 aliphatic heterocycles. The molecule has 1 aromatic carbocycles. The number of hydrogen-bond acceptors (Lipinski definition) is 3. The average molecular weight is 251 g/mol. The van der Waals surface area contributed by atoms with Crippen LogP contribution in [-0.4, -0.2) is 26.4 Å². The maximum atomic E-state index is 5.70. The highest BCUT2D eigenvalue weighted by atomic mass is 16.5. The molecule has 0 aliphatic rings. The summed E-state index contributed by atoms with van der Waals surface area (Å²) < 4.78 is 11.2. The van der Waals surface area contributed by atoms with Crippen molar-refractivity contribution in [3.05, 3.63) is 29.3 Å². The van der Waals surface area contributed by atoms with Gasteiger partial charge in [0.25, 0.3) is 0 Å². The van der Waals surface area contributed by atoms with Gasteiger partial charge >= 0.3 is 0 Å². The normalized spacial score (nSPS) is 10.6. The molecule has 0 fully saturated rings. The minimum absolute atomic E-state index is 0.612. The van der Waals surface area contributed by atoms with Crippen molar-refractivity contribution >= 4 is 0 Å². The smallest absolute Gasteiger partial charge is 0.122 e. The standard InChI is InChI=1S/C15H25NO2/c1-13-6-7-14(2)15(12-13)18-11-10-17-9-5-3-4-8-16/h6-7,12H,3-5,8-11,16H2,1-2H3. The zero-order valence-electron chi connectivity index (χ0n) is 11.6. The number of nitrogens with two attached hydrogens (primary N) is 1. The van der Waals surface area contributed by atoms with Crippen molar-refractivity contribution in [3.63, 3.8) is 0 Å². The molecule has 3 heteroatoms. The van der Waals surface area contributed by atoms with Crippen LogP contribution in [-0.2, 0) is 4.74 Å². The zero-order chi connectivity index (χ0) is 13.2. The van der Waals surface area contributed by atoms with Crippen LogP contribution in [0.3, 0.4) is 0 Å². The first kappa shape index (κ1) is 15.0. The summed E-state index contributed by atoms with van der Waals surface area (Å²) >= 11 is 0. The summed E-state index contributed by atoms with van der Waals surface area (Å²) in [7, 11) is 0. The van der Waals surface area contributed by atoms with Gasteiger partial charge in [-0.3, -0.25) is 0 Å². The third kappa shape index (κ3) is 6.03. The van der Waals surface area contributed by atoms with Gasteiger partial charge in [0.1, 0.15) is 12.4 Å². The first-order valence-corrected chi connectivity index (χ1v) is 6.72. The average Bonchev–Trinajstić information content (AvgIpc) is 2.36. The number of ether oxygens (including phenoxy) is 2. The fourth-order valence-corrected chi connectivity index (χ4v) is 1.70. The van der Waals surface area contributed by atoms with Crippen LogP contribution in [0, 0.1) is 13.8 Å². The van der Waals surface area contributed by atoms with Crippen LogP contribution < -0.4 is 10.5 Å². The molecule has 0 radical (unpaired) electrons. The van der Waals surface area contributed by atoms with E-state index in [0.717, 1.165) is 38.2 Å². The van der Waals surface area contributed by atoms with Crippen molar-refractivity contribution in [1.82, 2.24) is 0 Å². The van der Waals surface area contributed by atoms with Crippen molar-refractivity contribution in [2.24, 2.45) is 5.73 Å². The predicted octanol–water partition coefficient (Wildman–Crippen LogP) is 2.83. The number of rotatable bonds is 9. The molecule has 1 rings (SSSR count). The highest BCUT2D eigenvalue weighted by molar-refractivity contribution is 5.35. The lowest BCUT2D eigenvalue weighted by atomic mass is 10.1. The van der Waals surface area contributed by atoms with Gasteiger partial charge in [-0.2, -0.15) is 0 Å². The molecule has 2 N–H and O–H groups in total. The van der Waals surface area contributed by atoms with Crippen molar-refractivity contribution in [2.45, 2.75) is 33.1 Å². The fourth-order valence-electron chi connectivity index (χ4n) is 1.70. The van der Waals surface area contributed by atoms with Crippen LogP contribution in [0.15, 0.2) is 18.2 Å². The van der Waals surface area contributed by atoms with Crippen molar-refractivity contribution in [3.8, 4) is 5.75 Å². The molecule has 0 unspecified atom stereocenters. The molecule has 102 valence electrons. The van der Waals surface area contributed by atoms with Gasteiger partial charge in [-0.05, 0) is 56.8 Å². The largest absolute Gasteiger partial charge is 0.491 e. The van der Waals surface area contributed by atoms with Crippen LogP contribution in [0.4, 0.5) is 0 Å². The Morgan fingerprint density at radius 1 is 1.00 bits per heavy atom. The Hall–Kier alpha value is -1.06.